The second-order valence-corrected chi connectivity index (χ2v) is 14.3. The monoisotopic (exact) mass is 696 g/mol. The molecule has 0 saturated carbocycles. The van der Waals surface area contributed by atoms with Crippen molar-refractivity contribution in [2.45, 2.75) is 72.1 Å². The summed E-state index contributed by atoms with van der Waals surface area (Å²) in [4.78, 5) is 0. The molecule has 1 aliphatic carbocycles. The zero-order valence-electron chi connectivity index (χ0n) is 27.1. The Morgan fingerprint density at radius 3 is 1.82 bits per heavy atom. The van der Waals surface area contributed by atoms with Gasteiger partial charge in [-0.15, -0.1) is 11.1 Å². The van der Waals surface area contributed by atoms with E-state index in [0.29, 0.717) is 0 Å². The van der Waals surface area contributed by atoms with Gasteiger partial charge in [0.15, 0.2) is 0 Å². The number of hydrogen-bond acceptors (Lipinski definition) is 0. The van der Waals surface area contributed by atoms with Crippen LogP contribution in [0.15, 0.2) is 115 Å². The van der Waals surface area contributed by atoms with Crippen molar-refractivity contribution in [3.63, 3.8) is 0 Å². The maximum Gasteiger partial charge on any atom is -0.172 e. The molecule has 0 nitrogen and oxygen atoms in total. The molecule has 0 saturated heterocycles. The first-order valence-electron chi connectivity index (χ1n) is 15.1. The van der Waals surface area contributed by atoms with E-state index in [1.807, 2.05) is 30.3 Å². The van der Waals surface area contributed by atoms with Crippen molar-refractivity contribution in [1.82, 2.24) is 0 Å². The van der Waals surface area contributed by atoms with Crippen LogP contribution in [-0.4, -0.2) is 3.21 Å². The van der Waals surface area contributed by atoms with E-state index in [0.717, 1.165) is 12.8 Å². The molecule has 228 valence electrons. The molecule has 44 heavy (non-hydrogen) atoms. The van der Waals surface area contributed by atoms with Crippen molar-refractivity contribution in [2.75, 3.05) is 0 Å². The minimum Gasteiger partial charge on any atom is -1.00 e. The topological polar surface area (TPSA) is 0 Å². The van der Waals surface area contributed by atoms with Crippen LogP contribution in [0.25, 0.3) is 11.1 Å². The zero-order valence-corrected chi connectivity index (χ0v) is 31.1. The first-order valence-corrected chi connectivity index (χ1v) is 16.3. The van der Waals surface area contributed by atoms with E-state index in [1.165, 1.54) is 77.5 Å². The van der Waals surface area contributed by atoms with Crippen molar-refractivity contribution >= 4 is 3.21 Å². The predicted molar refractivity (Wildman–Crippen MR) is 178 cm³/mol. The van der Waals surface area contributed by atoms with Gasteiger partial charge >= 0.3 is 112 Å². The molecule has 0 radical (unpaired) electrons. The Morgan fingerprint density at radius 2 is 1.30 bits per heavy atom. The Balaban J connectivity index is 0.000000260. The molecular formula is C41H44Cl2Zr-2. The number of benzene rings is 4. The summed E-state index contributed by atoms with van der Waals surface area (Å²) < 4.78 is 1.43. The van der Waals surface area contributed by atoms with Gasteiger partial charge in [0, 0.05) is 0 Å². The Labute approximate surface area is 293 Å². The summed E-state index contributed by atoms with van der Waals surface area (Å²) in [5.74, 6) is 0. The SMILES string of the molecule is CC(C)(C)c1[c-]c2c(cc1)-c1ccc(C(C)(C)C)cc1C2.CCc1ccc([C](=[Zr+2])c2ccccc2)cc1.[Cl-].[Cl-].c1cc[cH-]c1. The summed E-state index contributed by atoms with van der Waals surface area (Å²) >= 11 is 1.47. The molecule has 0 aromatic heterocycles. The number of hydrogen-bond donors (Lipinski definition) is 0. The van der Waals surface area contributed by atoms with Gasteiger partial charge in [-0.25, -0.2) is 12.1 Å². The van der Waals surface area contributed by atoms with E-state index in [9.17, 15) is 0 Å². The molecule has 0 spiro atoms. The van der Waals surface area contributed by atoms with E-state index in [-0.39, 0.29) is 35.6 Å². The Hall–Kier alpha value is -2.44. The third-order valence-corrected chi connectivity index (χ3v) is 9.15. The third kappa shape index (κ3) is 10.0. The third-order valence-electron chi connectivity index (χ3n) is 7.73. The number of fused-ring (bicyclic) bond motifs is 3. The van der Waals surface area contributed by atoms with Gasteiger partial charge in [-0.1, -0.05) is 65.3 Å². The van der Waals surface area contributed by atoms with E-state index < -0.39 is 0 Å². The number of aryl methyl sites for hydroxylation is 1. The fraction of sp³-hybridized carbons (Fsp3) is 0.268. The zero-order chi connectivity index (χ0) is 30.3. The summed E-state index contributed by atoms with van der Waals surface area (Å²) in [6, 6.07) is 44.7. The van der Waals surface area contributed by atoms with Crippen LogP contribution in [0.4, 0.5) is 0 Å². The van der Waals surface area contributed by atoms with E-state index in [4.69, 9.17) is 0 Å². The average Bonchev–Trinajstić information content (AvgIpc) is 3.68. The Kier molecular flexibility index (Phi) is 14.4. The molecule has 6 rings (SSSR count). The van der Waals surface area contributed by atoms with Crippen LogP contribution in [0.1, 0.15) is 87.4 Å². The van der Waals surface area contributed by atoms with Crippen molar-refractivity contribution < 1.29 is 49.0 Å². The molecule has 0 aliphatic heterocycles. The van der Waals surface area contributed by atoms with Gasteiger partial charge in [0.25, 0.3) is 0 Å². The summed E-state index contributed by atoms with van der Waals surface area (Å²) in [5, 5.41) is 0. The average molecular weight is 699 g/mol. The first-order chi connectivity index (χ1) is 20.0. The minimum atomic E-state index is 0. The predicted octanol–water partition coefficient (Wildman–Crippen LogP) is 4.43. The Morgan fingerprint density at radius 1 is 0.705 bits per heavy atom. The second-order valence-electron chi connectivity index (χ2n) is 13.1. The van der Waals surface area contributed by atoms with Gasteiger partial charge in [-0.2, -0.15) is 42.0 Å². The van der Waals surface area contributed by atoms with Crippen molar-refractivity contribution in [3.8, 4) is 11.1 Å². The van der Waals surface area contributed by atoms with Crippen LogP contribution < -0.4 is 24.8 Å². The summed E-state index contributed by atoms with van der Waals surface area (Å²) in [6.45, 7) is 15.8. The summed E-state index contributed by atoms with van der Waals surface area (Å²) in [6.07, 6.45) is 2.14. The second kappa shape index (κ2) is 16.8. The smallest absolute Gasteiger partial charge is 0.172 e. The van der Waals surface area contributed by atoms with Crippen LogP contribution >= 0.6 is 0 Å². The van der Waals surface area contributed by atoms with Crippen LogP contribution in [0, 0.1) is 6.07 Å². The molecule has 0 atom stereocenters. The molecule has 0 amide bonds. The van der Waals surface area contributed by atoms with Gasteiger partial charge in [0.1, 0.15) is 0 Å². The van der Waals surface area contributed by atoms with Crippen LogP contribution in [0.2, 0.25) is 0 Å². The normalized spacial score (nSPS) is 11.3. The molecule has 5 aromatic carbocycles. The van der Waals surface area contributed by atoms with Gasteiger partial charge in [-0.05, 0) is 28.4 Å². The first kappa shape index (κ1) is 37.7. The van der Waals surface area contributed by atoms with Gasteiger partial charge in [0.2, 0.25) is 0 Å². The van der Waals surface area contributed by atoms with Crippen LogP contribution in [0.5, 0.6) is 0 Å². The molecule has 0 heterocycles. The van der Waals surface area contributed by atoms with Crippen molar-refractivity contribution in [2.24, 2.45) is 0 Å². The quantitative estimate of drug-likeness (QED) is 0.240. The molecule has 0 fully saturated rings. The van der Waals surface area contributed by atoms with Crippen LogP contribution in [-0.2, 0) is 47.9 Å². The molecule has 1 aliphatic rings. The van der Waals surface area contributed by atoms with Gasteiger partial charge < -0.3 is 24.8 Å². The fourth-order valence-electron chi connectivity index (χ4n) is 5.03. The molecular weight excluding hydrogens is 655 g/mol. The van der Waals surface area contributed by atoms with Gasteiger partial charge in [-0.3, -0.25) is 0 Å². The fourth-order valence-corrected chi connectivity index (χ4v) is 5.85. The maximum atomic E-state index is 3.67. The van der Waals surface area contributed by atoms with E-state index >= 15 is 0 Å². The Bertz CT molecular complexity index is 1510. The minimum absolute atomic E-state index is 0. The standard InChI is InChI=1S/C21H25.C15H14.C5H5.2ClH.Zr/c1-20(2,3)16-7-9-18-14(12-16)11-15-13-17(21(4,5)6)8-10-19(15)18;1-2-13-8-10-15(11-9-13)12-14-6-4-3-5-7-14;1-2-4-5-3-1;;;/h7-10,12H,11H2,1-6H3;3-11H,2H2,1H3;1-5H;2*1H;/q-1;;-1;;;+2/p-2. The van der Waals surface area contributed by atoms with Gasteiger partial charge in [0.05, 0.1) is 0 Å². The van der Waals surface area contributed by atoms with Crippen molar-refractivity contribution in [1.29, 1.82) is 0 Å². The molecule has 0 N–H and O–H groups in total. The van der Waals surface area contributed by atoms with Crippen molar-refractivity contribution in [3.05, 3.63) is 160 Å². The van der Waals surface area contributed by atoms with E-state index in [1.54, 1.807) is 0 Å². The molecule has 3 heteroatoms. The van der Waals surface area contributed by atoms with E-state index in [2.05, 4.69) is 139 Å². The largest absolute Gasteiger partial charge is 1.00 e. The molecule has 0 bridgehead atoms. The number of halogens is 2. The summed E-state index contributed by atoms with van der Waals surface area (Å²) in [5.41, 5.74) is 12.8. The maximum absolute atomic E-state index is 3.67. The number of rotatable bonds is 3. The van der Waals surface area contributed by atoms with Crippen LogP contribution in [0.3, 0.4) is 0 Å². The molecule has 0 unspecified atom stereocenters. The molecule has 5 aromatic rings. The summed E-state index contributed by atoms with van der Waals surface area (Å²) in [7, 11) is 0.